The molecule has 3 heteroatoms. The predicted octanol–water partition coefficient (Wildman–Crippen LogP) is 2.95. The second kappa shape index (κ2) is 4.86. The van der Waals surface area contributed by atoms with Crippen LogP contribution in [0.2, 0.25) is 0 Å². The number of alkyl halides is 1. The lowest BCUT2D eigenvalue weighted by atomic mass is 9.85. The summed E-state index contributed by atoms with van der Waals surface area (Å²) in [5, 5.41) is 0. The Labute approximate surface area is 101 Å². The molecule has 1 saturated heterocycles. The lowest BCUT2D eigenvalue weighted by molar-refractivity contribution is -0.132. The molecule has 2 aliphatic rings. The Kier molecular flexibility index (Phi) is 3.70. The molecule has 3 atom stereocenters. The average Bonchev–Trinajstić information content (AvgIpc) is 2.70. The van der Waals surface area contributed by atoms with E-state index in [4.69, 9.17) is 0 Å². The summed E-state index contributed by atoms with van der Waals surface area (Å²) in [5.41, 5.74) is 0. The van der Waals surface area contributed by atoms with Crippen LogP contribution in [-0.4, -0.2) is 28.2 Å². The van der Waals surface area contributed by atoms with Gasteiger partial charge in [-0.3, -0.25) is 4.79 Å². The number of carbonyl (C=O) groups is 1. The van der Waals surface area contributed by atoms with Gasteiger partial charge in [0.15, 0.2) is 0 Å². The highest BCUT2D eigenvalue weighted by atomic mass is 79.9. The van der Waals surface area contributed by atoms with Gasteiger partial charge in [-0.05, 0) is 31.6 Å². The van der Waals surface area contributed by atoms with Crippen molar-refractivity contribution in [1.82, 2.24) is 4.90 Å². The van der Waals surface area contributed by atoms with Crippen molar-refractivity contribution in [2.75, 3.05) is 6.54 Å². The maximum atomic E-state index is 12.1. The molecule has 86 valence electrons. The first-order valence-corrected chi connectivity index (χ1v) is 7.10. The van der Waals surface area contributed by atoms with Crippen molar-refractivity contribution in [1.29, 1.82) is 0 Å². The van der Waals surface area contributed by atoms with E-state index in [9.17, 15) is 4.79 Å². The van der Waals surface area contributed by atoms with Gasteiger partial charge in [0, 0.05) is 12.6 Å². The Morgan fingerprint density at radius 3 is 2.87 bits per heavy atom. The van der Waals surface area contributed by atoms with Crippen molar-refractivity contribution in [3.63, 3.8) is 0 Å². The standard InChI is InChI=1S/C12H20BrNO/c1-2-10(13)12(15)14-8-7-9-5-3-4-6-11(9)14/h9-11H,2-8H2,1H3. The molecule has 0 radical (unpaired) electrons. The van der Waals surface area contributed by atoms with Crippen LogP contribution in [0.15, 0.2) is 0 Å². The zero-order valence-corrected chi connectivity index (χ0v) is 11.0. The number of likely N-dealkylation sites (tertiary alicyclic amines) is 1. The normalized spacial score (nSPS) is 32.5. The summed E-state index contributed by atoms with van der Waals surface area (Å²) < 4.78 is 0. The SMILES string of the molecule is CCC(Br)C(=O)N1CCC2CCCCC21. The van der Waals surface area contributed by atoms with Gasteiger partial charge in [0.05, 0.1) is 4.83 Å². The molecular formula is C12H20BrNO. The zero-order valence-electron chi connectivity index (χ0n) is 9.42. The van der Waals surface area contributed by atoms with Crippen LogP contribution in [0.3, 0.4) is 0 Å². The highest BCUT2D eigenvalue weighted by molar-refractivity contribution is 9.10. The Hall–Kier alpha value is -0.0500. The summed E-state index contributed by atoms with van der Waals surface area (Å²) in [4.78, 5) is 14.3. The third-order valence-corrected chi connectivity index (χ3v) is 4.96. The van der Waals surface area contributed by atoms with E-state index in [1.165, 1.54) is 32.1 Å². The van der Waals surface area contributed by atoms with Crippen LogP contribution in [0.4, 0.5) is 0 Å². The second-order valence-corrected chi connectivity index (χ2v) is 5.91. The minimum Gasteiger partial charge on any atom is -0.338 e. The first kappa shape index (κ1) is 11.4. The molecule has 3 unspecified atom stereocenters. The van der Waals surface area contributed by atoms with Crippen LogP contribution in [0.5, 0.6) is 0 Å². The molecule has 2 nitrogen and oxygen atoms in total. The van der Waals surface area contributed by atoms with Gasteiger partial charge in [-0.2, -0.15) is 0 Å². The Morgan fingerprint density at radius 1 is 1.40 bits per heavy atom. The van der Waals surface area contributed by atoms with E-state index in [2.05, 4.69) is 27.8 Å². The van der Waals surface area contributed by atoms with Crippen LogP contribution in [0.25, 0.3) is 0 Å². The van der Waals surface area contributed by atoms with Gasteiger partial charge in [0.1, 0.15) is 0 Å². The van der Waals surface area contributed by atoms with Crippen molar-refractivity contribution in [3.8, 4) is 0 Å². The van der Waals surface area contributed by atoms with Gasteiger partial charge < -0.3 is 4.90 Å². The zero-order chi connectivity index (χ0) is 10.8. The molecule has 0 N–H and O–H groups in total. The molecule has 1 aliphatic carbocycles. The summed E-state index contributed by atoms with van der Waals surface area (Å²) >= 11 is 3.48. The second-order valence-electron chi connectivity index (χ2n) is 4.81. The molecule has 0 spiro atoms. The molecule has 2 rings (SSSR count). The topological polar surface area (TPSA) is 20.3 Å². The van der Waals surface area contributed by atoms with Gasteiger partial charge >= 0.3 is 0 Å². The minimum absolute atomic E-state index is 0.0400. The van der Waals surface area contributed by atoms with Gasteiger partial charge in [-0.25, -0.2) is 0 Å². The molecule has 1 heterocycles. The largest absolute Gasteiger partial charge is 0.338 e. The van der Waals surface area contributed by atoms with Crippen LogP contribution >= 0.6 is 15.9 Å². The Bertz CT molecular complexity index is 244. The lowest BCUT2D eigenvalue weighted by Gasteiger charge is -2.32. The number of fused-ring (bicyclic) bond motifs is 1. The third-order valence-electron chi connectivity index (χ3n) is 3.92. The molecule has 0 aromatic heterocycles. The van der Waals surface area contributed by atoms with Crippen molar-refractivity contribution >= 4 is 21.8 Å². The summed E-state index contributed by atoms with van der Waals surface area (Å²) in [5.74, 6) is 1.13. The van der Waals surface area contributed by atoms with Crippen molar-refractivity contribution in [2.24, 2.45) is 5.92 Å². The van der Waals surface area contributed by atoms with Crippen LogP contribution in [0, 0.1) is 5.92 Å². The number of hydrogen-bond acceptors (Lipinski definition) is 1. The predicted molar refractivity (Wildman–Crippen MR) is 65.1 cm³/mol. The van der Waals surface area contributed by atoms with E-state index in [-0.39, 0.29) is 4.83 Å². The van der Waals surface area contributed by atoms with E-state index in [1.807, 2.05) is 0 Å². The van der Waals surface area contributed by atoms with Crippen molar-refractivity contribution in [2.45, 2.75) is 56.3 Å². The van der Waals surface area contributed by atoms with Crippen LogP contribution in [0.1, 0.15) is 45.4 Å². The van der Waals surface area contributed by atoms with Crippen LogP contribution < -0.4 is 0 Å². The number of carbonyl (C=O) groups excluding carboxylic acids is 1. The summed E-state index contributed by atoms with van der Waals surface area (Å²) in [7, 11) is 0. The quantitative estimate of drug-likeness (QED) is 0.709. The fourth-order valence-corrected chi connectivity index (χ4v) is 3.30. The minimum atomic E-state index is 0.0400. The maximum Gasteiger partial charge on any atom is 0.236 e. The van der Waals surface area contributed by atoms with Crippen molar-refractivity contribution < 1.29 is 4.79 Å². The van der Waals surface area contributed by atoms with Crippen LogP contribution in [-0.2, 0) is 4.79 Å². The average molecular weight is 274 g/mol. The molecule has 1 aliphatic heterocycles. The monoisotopic (exact) mass is 273 g/mol. The summed E-state index contributed by atoms with van der Waals surface area (Å²) in [6.07, 6.45) is 7.39. The van der Waals surface area contributed by atoms with Gasteiger partial charge in [0.2, 0.25) is 5.91 Å². The molecule has 0 aromatic rings. The number of hydrogen-bond donors (Lipinski definition) is 0. The van der Waals surface area contributed by atoms with Gasteiger partial charge in [0.25, 0.3) is 0 Å². The lowest BCUT2D eigenvalue weighted by Crippen LogP contribution is -2.42. The maximum absolute atomic E-state index is 12.1. The molecule has 0 bridgehead atoms. The first-order chi connectivity index (χ1) is 7.24. The van der Waals surface area contributed by atoms with E-state index < -0.39 is 0 Å². The molecule has 2 fully saturated rings. The Balaban J connectivity index is 2.01. The molecular weight excluding hydrogens is 254 g/mol. The molecule has 0 aromatic carbocycles. The highest BCUT2D eigenvalue weighted by Crippen LogP contribution is 2.36. The van der Waals surface area contributed by atoms with Crippen molar-refractivity contribution in [3.05, 3.63) is 0 Å². The molecule has 1 saturated carbocycles. The highest BCUT2D eigenvalue weighted by Gasteiger charge is 2.39. The molecule has 1 amide bonds. The van der Waals surface area contributed by atoms with E-state index in [1.54, 1.807) is 0 Å². The summed E-state index contributed by atoms with van der Waals surface area (Å²) in [6, 6.07) is 0.567. The third kappa shape index (κ3) is 2.22. The number of rotatable bonds is 2. The van der Waals surface area contributed by atoms with E-state index in [0.717, 1.165) is 18.9 Å². The molecule has 15 heavy (non-hydrogen) atoms. The summed E-state index contributed by atoms with van der Waals surface area (Å²) in [6.45, 7) is 3.06. The first-order valence-electron chi connectivity index (χ1n) is 6.18. The number of halogens is 1. The fraction of sp³-hybridized carbons (Fsp3) is 0.917. The van der Waals surface area contributed by atoms with E-state index >= 15 is 0 Å². The Morgan fingerprint density at radius 2 is 2.13 bits per heavy atom. The fourth-order valence-electron chi connectivity index (χ4n) is 3.03. The van der Waals surface area contributed by atoms with Gasteiger partial charge in [-0.15, -0.1) is 0 Å². The smallest absolute Gasteiger partial charge is 0.236 e. The number of amides is 1. The van der Waals surface area contributed by atoms with Gasteiger partial charge in [-0.1, -0.05) is 35.7 Å². The van der Waals surface area contributed by atoms with E-state index in [0.29, 0.717) is 11.9 Å². The number of nitrogens with zero attached hydrogens (tertiary/aromatic N) is 1.